The smallest absolute Gasteiger partial charge is 0.0860 e. The van der Waals surface area contributed by atoms with Crippen LogP contribution in [0.15, 0.2) is 33.2 Å². The van der Waals surface area contributed by atoms with Crippen molar-refractivity contribution in [2.45, 2.75) is 19.9 Å². The van der Waals surface area contributed by atoms with Gasteiger partial charge in [-0.25, -0.2) is 0 Å². The van der Waals surface area contributed by atoms with Crippen molar-refractivity contribution in [1.29, 1.82) is 0 Å². The van der Waals surface area contributed by atoms with Gasteiger partial charge in [-0.05, 0) is 11.1 Å². The summed E-state index contributed by atoms with van der Waals surface area (Å²) >= 11 is 19.1. The summed E-state index contributed by atoms with van der Waals surface area (Å²) in [7, 11) is 0. The molecule has 0 heterocycles. The van der Waals surface area contributed by atoms with Gasteiger partial charge in [-0.1, -0.05) is 104 Å². The fourth-order valence-corrected chi connectivity index (χ4v) is 8.46. The topological polar surface area (TPSA) is 0 Å². The Morgan fingerprint density at radius 3 is 2.24 bits per heavy atom. The van der Waals surface area contributed by atoms with Gasteiger partial charge in [0.15, 0.2) is 0 Å². The van der Waals surface area contributed by atoms with Gasteiger partial charge in [0.2, 0.25) is 0 Å². The molecule has 2 bridgehead atoms. The molecule has 90 valence electrons. The van der Waals surface area contributed by atoms with E-state index in [9.17, 15) is 0 Å². The number of rotatable bonds is 0. The third-order valence-electron chi connectivity index (χ3n) is 3.49. The SMILES string of the molecule is BrC1=C(Br)[C@]2(Br)C(Br)c3ccccc3[C@H]1C2Br. The van der Waals surface area contributed by atoms with E-state index in [1.807, 2.05) is 0 Å². The quantitative estimate of drug-likeness (QED) is 0.341. The molecule has 4 atom stereocenters. The Labute approximate surface area is 142 Å². The van der Waals surface area contributed by atoms with Crippen LogP contribution in [0.4, 0.5) is 0 Å². The summed E-state index contributed by atoms with van der Waals surface area (Å²) in [5, 5.41) is 0. The second-order valence-corrected chi connectivity index (χ2v) is 9.16. The van der Waals surface area contributed by atoms with Crippen molar-refractivity contribution in [3.8, 4) is 0 Å². The minimum atomic E-state index is -0.120. The minimum absolute atomic E-state index is 0.120. The second kappa shape index (κ2) is 4.44. The van der Waals surface area contributed by atoms with Gasteiger partial charge in [0.25, 0.3) is 0 Å². The highest BCUT2D eigenvalue weighted by atomic mass is 79.9. The number of benzene rings is 1. The van der Waals surface area contributed by atoms with E-state index in [0.29, 0.717) is 10.7 Å². The molecule has 0 saturated carbocycles. The lowest BCUT2D eigenvalue weighted by Gasteiger charge is -2.40. The summed E-state index contributed by atoms with van der Waals surface area (Å²) in [5.74, 6) is 0.369. The van der Waals surface area contributed by atoms with E-state index < -0.39 is 0 Å². The molecule has 5 heteroatoms. The lowest BCUT2D eigenvalue weighted by Crippen LogP contribution is -2.39. The first kappa shape index (κ1) is 13.3. The van der Waals surface area contributed by atoms with Gasteiger partial charge < -0.3 is 0 Å². The average molecular weight is 551 g/mol. The van der Waals surface area contributed by atoms with Crippen LogP contribution in [0, 0.1) is 0 Å². The number of alkyl halides is 3. The van der Waals surface area contributed by atoms with Crippen LogP contribution in [-0.4, -0.2) is 9.15 Å². The van der Waals surface area contributed by atoms with Gasteiger partial charge in [-0.2, -0.15) is 0 Å². The van der Waals surface area contributed by atoms with Gasteiger partial charge >= 0.3 is 0 Å². The third kappa shape index (κ3) is 1.61. The molecule has 0 N–H and O–H groups in total. The van der Waals surface area contributed by atoms with E-state index >= 15 is 0 Å². The number of fused-ring (bicyclic) bond motifs is 4. The largest absolute Gasteiger partial charge is 0.0878 e. The molecular weight excluding hydrogens is 544 g/mol. The van der Waals surface area contributed by atoms with Gasteiger partial charge in [0.05, 0.1) is 9.15 Å². The van der Waals surface area contributed by atoms with Crippen LogP contribution >= 0.6 is 79.6 Å². The van der Waals surface area contributed by atoms with Crippen LogP contribution in [0.1, 0.15) is 21.9 Å². The summed E-state index contributed by atoms with van der Waals surface area (Å²) in [5.41, 5.74) is 2.74. The number of allylic oxidation sites excluding steroid dienone is 2. The molecule has 0 aliphatic heterocycles. The molecule has 2 aliphatic rings. The summed E-state index contributed by atoms with van der Waals surface area (Å²) < 4.78 is 2.30. The average Bonchev–Trinajstić information content (AvgIpc) is 2.47. The summed E-state index contributed by atoms with van der Waals surface area (Å²) in [6, 6.07) is 8.61. The Morgan fingerprint density at radius 1 is 1.00 bits per heavy atom. The maximum Gasteiger partial charge on any atom is 0.0878 e. The number of hydrogen-bond acceptors (Lipinski definition) is 0. The molecule has 1 aromatic rings. The highest BCUT2D eigenvalue weighted by Crippen LogP contribution is 2.67. The fraction of sp³-hybridized carbons (Fsp3) is 0.333. The Morgan fingerprint density at radius 2 is 1.59 bits per heavy atom. The molecular formula is C12H7Br5. The van der Waals surface area contributed by atoms with E-state index in [-0.39, 0.29) is 9.15 Å². The van der Waals surface area contributed by atoms with Crippen LogP contribution < -0.4 is 0 Å². The van der Waals surface area contributed by atoms with Crippen molar-refractivity contribution in [3.63, 3.8) is 0 Å². The molecule has 0 spiro atoms. The van der Waals surface area contributed by atoms with E-state index in [2.05, 4.69) is 104 Å². The first-order valence-corrected chi connectivity index (χ1v) is 9.32. The van der Waals surface area contributed by atoms with Crippen molar-refractivity contribution < 1.29 is 0 Å². The first-order valence-electron chi connectivity index (χ1n) is 5.11. The van der Waals surface area contributed by atoms with Crippen molar-refractivity contribution in [1.82, 2.24) is 0 Å². The van der Waals surface area contributed by atoms with E-state index in [1.165, 1.54) is 20.1 Å². The van der Waals surface area contributed by atoms with Crippen LogP contribution in [0.25, 0.3) is 0 Å². The van der Waals surface area contributed by atoms with Gasteiger partial charge in [-0.3, -0.25) is 0 Å². The first-order chi connectivity index (χ1) is 7.99. The van der Waals surface area contributed by atoms with Gasteiger partial charge in [0, 0.05) is 19.7 Å². The molecule has 3 rings (SSSR count). The predicted octanol–water partition coefficient (Wildman–Crippen LogP) is 6.13. The van der Waals surface area contributed by atoms with E-state index in [1.54, 1.807) is 0 Å². The Hall–Kier alpha value is 1.36. The fourth-order valence-electron chi connectivity index (χ4n) is 2.61. The maximum atomic E-state index is 3.91. The summed E-state index contributed by atoms with van der Waals surface area (Å²) in [6.45, 7) is 0. The highest BCUT2D eigenvalue weighted by Gasteiger charge is 2.58. The Balaban J connectivity index is 2.32. The molecule has 2 aliphatic carbocycles. The zero-order valence-corrected chi connectivity index (χ0v) is 16.4. The molecule has 17 heavy (non-hydrogen) atoms. The maximum absolute atomic E-state index is 3.91. The van der Waals surface area contributed by atoms with E-state index in [0.717, 1.165) is 0 Å². The molecule has 1 aromatic carbocycles. The van der Waals surface area contributed by atoms with E-state index in [4.69, 9.17) is 0 Å². The lowest BCUT2D eigenvalue weighted by atomic mass is 9.81. The van der Waals surface area contributed by atoms with Crippen molar-refractivity contribution in [2.75, 3.05) is 0 Å². The predicted molar refractivity (Wildman–Crippen MR) is 90.1 cm³/mol. The standard InChI is InChI=1S/C12H7Br5/c13-8-7-5-3-1-2-4-6(5)9(14)12(17,10(7)15)11(8)16/h1-4,7,9-10H/t7-,9?,10?,12+/m1/s1. The molecule has 0 aromatic heterocycles. The van der Waals surface area contributed by atoms with Crippen LogP contribution in [0.2, 0.25) is 0 Å². The summed E-state index contributed by atoms with van der Waals surface area (Å²) in [4.78, 5) is 0.578. The third-order valence-corrected chi connectivity index (χ3v) is 11.6. The summed E-state index contributed by atoms with van der Waals surface area (Å²) in [6.07, 6.45) is 0. The number of halogens is 5. The zero-order valence-electron chi connectivity index (χ0n) is 8.43. The Kier molecular flexibility index (Phi) is 3.48. The molecule has 0 amide bonds. The molecule has 0 radical (unpaired) electrons. The van der Waals surface area contributed by atoms with Gasteiger partial charge in [-0.15, -0.1) is 0 Å². The van der Waals surface area contributed by atoms with Crippen molar-refractivity contribution in [2.24, 2.45) is 0 Å². The number of hydrogen-bond donors (Lipinski definition) is 0. The molecule has 0 nitrogen and oxygen atoms in total. The molecule has 2 unspecified atom stereocenters. The normalized spacial score (nSPS) is 39.5. The zero-order chi connectivity index (χ0) is 12.4. The second-order valence-electron chi connectivity index (χ2n) is 4.30. The minimum Gasteiger partial charge on any atom is -0.0860 e. The van der Waals surface area contributed by atoms with Gasteiger partial charge in [0.1, 0.15) is 0 Å². The monoisotopic (exact) mass is 546 g/mol. The molecule has 0 fully saturated rings. The highest BCUT2D eigenvalue weighted by molar-refractivity contribution is 9.17. The Bertz CT molecular complexity index is 523. The molecule has 0 saturated heterocycles. The van der Waals surface area contributed by atoms with Crippen LogP contribution in [0.5, 0.6) is 0 Å². The van der Waals surface area contributed by atoms with Crippen LogP contribution in [-0.2, 0) is 0 Å². The van der Waals surface area contributed by atoms with Crippen molar-refractivity contribution in [3.05, 3.63) is 44.4 Å². The van der Waals surface area contributed by atoms with Crippen molar-refractivity contribution >= 4 is 79.6 Å². The van der Waals surface area contributed by atoms with Crippen LogP contribution in [0.3, 0.4) is 0 Å². The lowest BCUT2D eigenvalue weighted by molar-refractivity contribution is 0.623.